The summed E-state index contributed by atoms with van der Waals surface area (Å²) in [5.41, 5.74) is 1.71. The van der Waals surface area contributed by atoms with Crippen molar-refractivity contribution < 1.29 is 0 Å². The Balaban J connectivity index is 1.63. The zero-order valence-electron chi connectivity index (χ0n) is 15.1. The van der Waals surface area contributed by atoms with E-state index in [0.717, 1.165) is 53.3 Å². The first-order valence-corrected chi connectivity index (χ1v) is 10.3. The summed E-state index contributed by atoms with van der Waals surface area (Å²) >= 11 is 0. The minimum absolute atomic E-state index is 0.872. The molecule has 22 heavy (non-hydrogen) atoms. The molecule has 4 rings (SSSR count). The first-order chi connectivity index (χ1) is 10.6. The average Bonchev–Trinajstić information content (AvgIpc) is 2.82. The first kappa shape index (κ1) is 15.3. The van der Waals surface area contributed by atoms with Crippen molar-refractivity contribution >= 4 is 0 Å². The maximum absolute atomic E-state index is 4.73. The van der Waals surface area contributed by atoms with Crippen molar-refractivity contribution in [1.29, 1.82) is 0 Å². The molecule has 6 unspecified atom stereocenters. The van der Waals surface area contributed by atoms with Gasteiger partial charge in [0.25, 0.3) is 0 Å². The smallest absolute Gasteiger partial charge is 0.0143 e. The fourth-order valence-corrected chi connectivity index (χ4v) is 7.85. The molecule has 4 aliphatic rings. The lowest BCUT2D eigenvalue weighted by Crippen LogP contribution is -2.40. The van der Waals surface area contributed by atoms with Crippen LogP contribution >= 0.6 is 0 Å². The summed E-state index contributed by atoms with van der Waals surface area (Å²) in [6.07, 6.45) is 12.0. The Morgan fingerprint density at radius 1 is 0.864 bits per heavy atom. The summed E-state index contributed by atoms with van der Waals surface area (Å²) in [5, 5.41) is 0. The second-order valence-electron chi connectivity index (χ2n) is 9.36. The van der Waals surface area contributed by atoms with E-state index in [-0.39, 0.29) is 0 Å². The predicted octanol–water partition coefficient (Wildman–Crippen LogP) is 6.32. The normalized spacial score (nSPS) is 54.5. The molecule has 124 valence electrons. The number of hydrogen-bond acceptors (Lipinski definition) is 0. The van der Waals surface area contributed by atoms with E-state index in [0.29, 0.717) is 0 Å². The van der Waals surface area contributed by atoms with Crippen LogP contribution in [-0.2, 0) is 0 Å². The molecule has 0 heteroatoms. The molecule has 0 N–H and O–H groups in total. The summed E-state index contributed by atoms with van der Waals surface area (Å²) in [5.74, 6) is 8.65. The van der Waals surface area contributed by atoms with E-state index in [4.69, 9.17) is 6.58 Å². The van der Waals surface area contributed by atoms with Crippen LogP contribution in [0.4, 0.5) is 0 Å². The maximum atomic E-state index is 4.73. The Kier molecular flexibility index (Phi) is 3.94. The van der Waals surface area contributed by atoms with Gasteiger partial charge < -0.3 is 0 Å². The standard InChI is InChI=1S/C22H36/c1-5-16-10-11-19-20-12-17-8-6-7-9-18(17)14(3)22(20)15(4)21(19)13(16)2/h13-14,16-22H,4-12H2,1-3H3/t13?,14-,16?,17-,18+,19?,20?,21?,22?/m0/s1. The minimum atomic E-state index is 0.872. The molecule has 9 atom stereocenters. The largest absolute Gasteiger partial charge is 0.0993 e. The molecule has 0 nitrogen and oxygen atoms in total. The van der Waals surface area contributed by atoms with Gasteiger partial charge in [0.05, 0.1) is 0 Å². The fraction of sp³-hybridized carbons (Fsp3) is 0.909. The molecule has 0 saturated heterocycles. The van der Waals surface area contributed by atoms with Crippen LogP contribution in [0.2, 0.25) is 0 Å². The summed E-state index contributed by atoms with van der Waals surface area (Å²) < 4.78 is 0. The summed E-state index contributed by atoms with van der Waals surface area (Å²) in [6, 6.07) is 0. The van der Waals surface area contributed by atoms with E-state index < -0.39 is 0 Å². The molecule has 0 radical (unpaired) electrons. The monoisotopic (exact) mass is 300 g/mol. The van der Waals surface area contributed by atoms with Crippen molar-refractivity contribution in [2.24, 2.45) is 53.3 Å². The molecule has 4 fully saturated rings. The SMILES string of the molecule is C=C1C2C(C)C(CC)CCC2C2C[C@@H]3CCCC[C@@H]3[C@H](C)C12. The third-order valence-electron chi connectivity index (χ3n) is 8.82. The van der Waals surface area contributed by atoms with Gasteiger partial charge in [-0.05, 0) is 78.9 Å². The van der Waals surface area contributed by atoms with Crippen molar-refractivity contribution in [1.82, 2.24) is 0 Å². The zero-order chi connectivity index (χ0) is 15.4. The van der Waals surface area contributed by atoms with Gasteiger partial charge in [-0.25, -0.2) is 0 Å². The average molecular weight is 301 g/mol. The van der Waals surface area contributed by atoms with Gasteiger partial charge in [0.15, 0.2) is 0 Å². The Hall–Kier alpha value is -0.260. The summed E-state index contributed by atoms with van der Waals surface area (Å²) in [4.78, 5) is 0. The number of allylic oxidation sites excluding steroid dienone is 1. The van der Waals surface area contributed by atoms with Crippen LogP contribution in [0, 0.1) is 53.3 Å². The quantitative estimate of drug-likeness (QED) is 0.497. The van der Waals surface area contributed by atoms with Crippen molar-refractivity contribution in [3.05, 3.63) is 12.2 Å². The Bertz CT molecular complexity index is 435. The predicted molar refractivity (Wildman–Crippen MR) is 94.5 cm³/mol. The third kappa shape index (κ3) is 2.08. The first-order valence-electron chi connectivity index (χ1n) is 10.3. The van der Waals surface area contributed by atoms with Gasteiger partial charge in [-0.15, -0.1) is 0 Å². The molecule has 0 aromatic rings. The fourth-order valence-electron chi connectivity index (χ4n) is 7.85. The van der Waals surface area contributed by atoms with E-state index >= 15 is 0 Å². The highest BCUT2D eigenvalue weighted by molar-refractivity contribution is 5.23. The lowest BCUT2D eigenvalue weighted by Gasteiger charge is -2.48. The number of rotatable bonds is 1. The second kappa shape index (κ2) is 5.67. The van der Waals surface area contributed by atoms with Gasteiger partial charge in [-0.1, -0.05) is 58.6 Å². The highest BCUT2D eigenvalue weighted by atomic mass is 14.6. The van der Waals surface area contributed by atoms with Crippen LogP contribution in [0.5, 0.6) is 0 Å². The molecule has 0 aromatic carbocycles. The molecule has 4 saturated carbocycles. The zero-order valence-corrected chi connectivity index (χ0v) is 15.1. The van der Waals surface area contributed by atoms with E-state index in [2.05, 4.69) is 20.8 Å². The van der Waals surface area contributed by atoms with Crippen LogP contribution in [0.15, 0.2) is 12.2 Å². The van der Waals surface area contributed by atoms with Gasteiger partial charge >= 0.3 is 0 Å². The van der Waals surface area contributed by atoms with Crippen LogP contribution in [0.3, 0.4) is 0 Å². The van der Waals surface area contributed by atoms with Crippen molar-refractivity contribution in [2.75, 3.05) is 0 Å². The maximum Gasteiger partial charge on any atom is -0.0143 e. The van der Waals surface area contributed by atoms with Crippen LogP contribution in [0.1, 0.15) is 72.1 Å². The van der Waals surface area contributed by atoms with Crippen molar-refractivity contribution in [3.8, 4) is 0 Å². The summed E-state index contributed by atoms with van der Waals surface area (Å²) in [7, 11) is 0. The van der Waals surface area contributed by atoms with Gasteiger partial charge in [-0.2, -0.15) is 0 Å². The van der Waals surface area contributed by atoms with Gasteiger partial charge in [0.2, 0.25) is 0 Å². The molecule has 0 amide bonds. The Morgan fingerprint density at radius 3 is 2.36 bits per heavy atom. The number of fused-ring (bicyclic) bond motifs is 4. The van der Waals surface area contributed by atoms with E-state index in [9.17, 15) is 0 Å². The second-order valence-corrected chi connectivity index (χ2v) is 9.36. The molecule has 0 heterocycles. The summed E-state index contributed by atoms with van der Waals surface area (Å²) in [6.45, 7) is 12.3. The molecule has 0 bridgehead atoms. The highest BCUT2D eigenvalue weighted by Gasteiger charge is 2.56. The van der Waals surface area contributed by atoms with Gasteiger partial charge in [0, 0.05) is 0 Å². The molecular weight excluding hydrogens is 264 g/mol. The van der Waals surface area contributed by atoms with Crippen LogP contribution < -0.4 is 0 Å². The molecular formula is C22H36. The number of hydrogen-bond donors (Lipinski definition) is 0. The lowest BCUT2D eigenvalue weighted by molar-refractivity contribution is 0.0172. The third-order valence-corrected chi connectivity index (χ3v) is 8.82. The minimum Gasteiger partial charge on any atom is -0.0993 e. The van der Waals surface area contributed by atoms with E-state index in [1.807, 2.05) is 0 Å². The van der Waals surface area contributed by atoms with Crippen LogP contribution in [0.25, 0.3) is 0 Å². The molecule has 0 aliphatic heterocycles. The lowest BCUT2D eigenvalue weighted by atomic mass is 9.57. The van der Waals surface area contributed by atoms with E-state index in [1.165, 1.54) is 44.9 Å². The van der Waals surface area contributed by atoms with Gasteiger partial charge in [-0.3, -0.25) is 0 Å². The topological polar surface area (TPSA) is 0 Å². The van der Waals surface area contributed by atoms with Crippen molar-refractivity contribution in [3.63, 3.8) is 0 Å². The Labute approximate surface area is 138 Å². The van der Waals surface area contributed by atoms with Crippen molar-refractivity contribution in [2.45, 2.75) is 72.1 Å². The van der Waals surface area contributed by atoms with Crippen LogP contribution in [-0.4, -0.2) is 0 Å². The van der Waals surface area contributed by atoms with Gasteiger partial charge in [0.1, 0.15) is 0 Å². The molecule has 0 spiro atoms. The molecule has 4 aliphatic carbocycles. The van der Waals surface area contributed by atoms with E-state index in [1.54, 1.807) is 12.0 Å². The highest BCUT2D eigenvalue weighted by Crippen LogP contribution is 2.63. The Morgan fingerprint density at radius 2 is 1.59 bits per heavy atom. The molecule has 0 aromatic heterocycles.